The minimum Gasteiger partial charge on any atom is -0.383 e. The number of halogens is 1. The van der Waals surface area contributed by atoms with Crippen LogP contribution in [0.5, 0.6) is 0 Å². The molecule has 0 spiro atoms. The average Bonchev–Trinajstić information content (AvgIpc) is 2.96. The van der Waals surface area contributed by atoms with Crippen LogP contribution in [0.25, 0.3) is 0 Å². The zero-order valence-electron chi connectivity index (χ0n) is 11.7. The highest BCUT2D eigenvalue weighted by molar-refractivity contribution is 6.32. The van der Waals surface area contributed by atoms with E-state index in [1.807, 2.05) is 0 Å². The molecule has 0 radical (unpaired) electrons. The Labute approximate surface area is 123 Å². The highest BCUT2D eigenvalue weighted by atomic mass is 35.5. The standard InChI is InChI=1S/C13H21ClN4O2/c1-20-8-7-18-13(19)12(14)11(9-17-18)16-6-4-10-3-2-5-15-10/h9-10,15-16H,2-8H2,1H3/t10-/m1/s1. The van der Waals surface area contributed by atoms with Crippen LogP contribution in [0.2, 0.25) is 5.02 Å². The SMILES string of the molecule is COCCn1ncc(NCC[C@H]2CCCN2)c(Cl)c1=O. The Morgan fingerprint density at radius 2 is 2.50 bits per heavy atom. The first-order valence-corrected chi connectivity index (χ1v) is 7.32. The van der Waals surface area contributed by atoms with Crippen LogP contribution in [0.1, 0.15) is 19.3 Å². The summed E-state index contributed by atoms with van der Waals surface area (Å²) in [5.74, 6) is 0. The number of nitrogens with one attached hydrogen (secondary N) is 2. The van der Waals surface area contributed by atoms with Gasteiger partial charge in [-0.15, -0.1) is 0 Å². The second-order valence-corrected chi connectivity index (χ2v) is 5.28. The normalized spacial score (nSPS) is 18.4. The van der Waals surface area contributed by atoms with Gasteiger partial charge in [0, 0.05) is 19.7 Å². The van der Waals surface area contributed by atoms with Gasteiger partial charge in [-0.1, -0.05) is 11.6 Å². The number of aromatic nitrogens is 2. The minimum absolute atomic E-state index is 0.190. The highest BCUT2D eigenvalue weighted by Crippen LogP contribution is 2.16. The van der Waals surface area contributed by atoms with Gasteiger partial charge in [0.05, 0.1) is 25.0 Å². The van der Waals surface area contributed by atoms with E-state index < -0.39 is 0 Å². The topological polar surface area (TPSA) is 68.2 Å². The smallest absolute Gasteiger partial charge is 0.287 e. The van der Waals surface area contributed by atoms with Crippen LogP contribution in [0.4, 0.5) is 5.69 Å². The van der Waals surface area contributed by atoms with Crippen LogP contribution >= 0.6 is 11.6 Å². The summed E-state index contributed by atoms with van der Waals surface area (Å²) in [4.78, 5) is 12.0. The number of hydrogen-bond donors (Lipinski definition) is 2. The molecule has 1 aliphatic rings. The third-order valence-electron chi connectivity index (χ3n) is 3.46. The van der Waals surface area contributed by atoms with E-state index in [-0.39, 0.29) is 10.6 Å². The molecule has 0 unspecified atom stereocenters. The summed E-state index contributed by atoms with van der Waals surface area (Å²) in [5, 5.41) is 10.9. The van der Waals surface area contributed by atoms with Gasteiger partial charge in [0.25, 0.3) is 5.56 Å². The maximum Gasteiger partial charge on any atom is 0.287 e. The van der Waals surface area contributed by atoms with Crippen LogP contribution in [-0.4, -0.2) is 42.6 Å². The Morgan fingerprint density at radius 3 is 3.20 bits per heavy atom. The summed E-state index contributed by atoms with van der Waals surface area (Å²) in [6.45, 7) is 2.72. The van der Waals surface area contributed by atoms with Gasteiger partial charge in [-0.3, -0.25) is 4.79 Å². The van der Waals surface area contributed by atoms with Gasteiger partial charge in [-0.2, -0.15) is 5.10 Å². The maximum atomic E-state index is 12.0. The fraction of sp³-hybridized carbons (Fsp3) is 0.692. The van der Waals surface area contributed by atoms with E-state index >= 15 is 0 Å². The summed E-state index contributed by atoms with van der Waals surface area (Å²) in [6.07, 6.45) is 5.07. The average molecular weight is 301 g/mol. The molecule has 0 aliphatic carbocycles. The molecule has 2 heterocycles. The zero-order chi connectivity index (χ0) is 14.4. The number of anilines is 1. The van der Waals surface area contributed by atoms with E-state index in [1.165, 1.54) is 17.5 Å². The second kappa shape index (κ2) is 7.61. The summed E-state index contributed by atoms with van der Waals surface area (Å²) in [5.41, 5.74) is 0.316. The van der Waals surface area contributed by atoms with E-state index in [2.05, 4.69) is 15.7 Å². The molecule has 0 aromatic carbocycles. The molecule has 1 saturated heterocycles. The molecule has 20 heavy (non-hydrogen) atoms. The van der Waals surface area contributed by atoms with Crippen molar-refractivity contribution < 1.29 is 4.74 Å². The lowest BCUT2D eigenvalue weighted by molar-refractivity contribution is 0.182. The number of nitrogens with zero attached hydrogens (tertiary/aromatic N) is 2. The number of rotatable bonds is 7. The molecule has 0 saturated carbocycles. The van der Waals surface area contributed by atoms with Gasteiger partial charge in [-0.25, -0.2) is 4.68 Å². The maximum absolute atomic E-state index is 12.0. The molecule has 1 fully saturated rings. The van der Waals surface area contributed by atoms with Crippen molar-refractivity contribution >= 4 is 17.3 Å². The molecule has 7 heteroatoms. The van der Waals surface area contributed by atoms with Crippen LogP contribution in [0.3, 0.4) is 0 Å². The zero-order valence-corrected chi connectivity index (χ0v) is 12.4. The van der Waals surface area contributed by atoms with E-state index in [0.717, 1.165) is 19.5 Å². The van der Waals surface area contributed by atoms with Gasteiger partial charge < -0.3 is 15.4 Å². The Kier molecular flexibility index (Phi) is 5.82. The van der Waals surface area contributed by atoms with Crippen molar-refractivity contribution in [1.82, 2.24) is 15.1 Å². The molecular weight excluding hydrogens is 280 g/mol. The van der Waals surface area contributed by atoms with Gasteiger partial charge in [0.2, 0.25) is 0 Å². The Balaban J connectivity index is 1.91. The molecule has 2 rings (SSSR count). The first-order valence-electron chi connectivity index (χ1n) is 6.94. The van der Waals surface area contributed by atoms with E-state index in [9.17, 15) is 4.79 Å². The Bertz CT molecular complexity index is 486. The van der Waals surface area contributed by atoms with E-state index in [1.54, 1.807) is 13.3 Å². The molecule has 0 amide bonds. The molecule has 1 aliphatic heterocycles. The summed E-state index contributed by atoms with van der Waals surface area (Å²) < 4.78 is 6.24. The van der Waals surface area contributed by atoms with Crippen LogP contribution in [-0.2, 0) is 11.3 Å². The lowest BCUT2D eigenvalue weighted by Gasteiger charge is -2.13. The second-order valence-electron chi connectivity index (χ2n) is 4.90. The molecule has 2 N–H and O–H groups in total. The van der Waals surface area contributed by atoms with Crippen molar-refractivity contribution in [3.63, 3.8) is 0 Å². The number of hydrogen-bond acceptors (Lipinski definition) is 5. The van der Waals surface area contributed by atoms with Crippen LogP contribution in [0, 0.1) is 0 Å². The van der Waals surface area contributed by atoms with E-state index in [0.29, 0.717) is 24.9 Å². The predicted octanol–water partition coefficient (Wildman–Crippen LogP) is 1.10. The lowest BCUT2D eigenvalue weighted by Crippen LogP contribution is -2.27. The largest absolute Gasteiger partial charge is 0.383 e. The van der Waals surface area contributed by atoms with Crippen molar-refractivity contribution in [3.8, 4) is 0 Å². The van der Waals surface area contributed by atoms with Gasteiger partial charge in [0.1, 0.15) is 5.02 Å². The molecule has 1 aromatic heterocycles. The fourth-order valence-corrected chi connectivity index (χ4v) is 2.52. The molecule has 112 valence electrons. The van der Waals surface area contributed by atoms with Crippen molar-refractivity contribution in [3.05, 3.63) is 21.6 Å². The van der Waals surface area contributed by atoms with E-state index in [4.69, 9.17) is 16.3 Å². The Morgan fingerprint density at radius 1 is 1.65 bits per heavy atom. The minimum atomic E-state index is -0.285. The predicted molar refractivity (Wildman–Crippen MR) is 79.5 cm³/mol. The van der Waals surface area contributed by atoms with Crippen molar-refractivity contribution in [1.29, 1.82) is 0 Å². The van der Waals surface area contributed by atoms with Crippen molar-refractivity contribution in [2.75, 3.05) is 32.1 Å². The molecule has 0 bridgehead atoms. The van der Waals surface area contributed by atoms with Crippen LogP contribution in [0.15, 0.2) is 11.0 Å². The molecule has 1 atom stereocenters. The van der Waals surface area contributed by atoms with Gasteiger partial charge in [-0.05, 0) is 25.8 Å². The third-order valence-corrected chi connectivity index (χ3v) is 3.83. The Hall–Kier alpha value is -1.11. The summed E-state index contributed by atoms with van der Waals surface area (Å²) in [7, 11) is 1.58. The monoisotopic (exact) mass is 300 g/mol. The third kappa shape index (κ3) is 3.94. The number of ether oxygens (including phenoxy) is 1. The fourth-order valence-electron chi connectivity index (χ4n) is 2.31. The first-order chi connectivity index (χ1) is 9.72. The molecular formula is C13H21ClN4O2. The van der Waals surface area contributed by atoms with Crippen molar-refractivity contribution in [2.45, 2.75) is 31.8 Å². The quantitative estimate of drug-likeness (QED) is 0.789. The summed E-state index contributed by atoms with van der Waals surface area (Å²) >= 11 is 6.08. The lowest BCUT2D eigenvalue weighted by atomic mass is 10.1. The highest BCUT2D eigenvalue weighted by Gasteiger charge is 2.14. The first kappa shape index (κ1) is 15.3. The van der Waals surface area contributed by atoms with Gasteiger partial charge >= 0.3 is 0 Å². The number of methoxy groups -OCH3 is 1. The molecule has 1 aromatic rings. The molecule has 6 nitrogen and oxygen atoms in total. The van der Waals surface area contributed by atoms with Crippen LogP contribution < -0.4 is 16.2 Å². The van der Waals surface area contributed by atoms with Crippen molar-refractivity contribution in [2.24, 2.45) is 0 Å². The summed E-state index contributed by atoms with van der Waals surface area (Å²) in [6, 6.07) is 0.566. The van der Waals surface area contributed by atoms with Gasteiger partial charge in [0.15, 0.2) is 0 Å².